The number of hydrogen-bond acceptors (Lipinski definition) is 4. The average molecular weight is 302 g/mol. The molecule has 0 saturated heterocycles. The van der Waals surface area contributed by atoms with Crippen LogP contribution < -0.4 is 16.2 Å². The molecule has 7 nitrogen and oxygen atoms in total. The molecule has 5 N–H and O–H groups in total. The second-order valence-electron chi connectivity index (χ2n) is 5.28. The molecule has 0 bridgehead atoms. The number of hydrogen-bond donors (Lipinski definition) is 3. The van der Waals surface area contributed by atoms with Crippen molar-refractivity contribution in [1.29, 1.82) is 0 Å². The van der Waals surface area contributed by atoms with Gasteiger partial charge in [-0.2, -0.15) is 0 Å². The number of aryl methyl sites for hydroxylation is 1. The lowest BCUT2D eigenvalue weighted by Gasteiger charge is -2.14. The van der Waals surface area contributed by atoms with Crippen molar-refractivity contribution in [3.63, 3.8) is 0 Å². The maximum atomic E-state index is 12.1. The third-order valence-corrected chi connectivity index (χ3v) is 4.24. The summed E-state index contributed by atoms with van der Waals surface area (Å²) in [6.07, 6.45) is 2.07. The van der Waals surface area contributed by atoms with Crippen LogP contribution in [0.15, 0.2) is 17.2 Å². The molecule has 0 aliphatic carbocycles. The molecule has 1 heterocycles. The van der Waals surface area contributed by atoms with Gasteiger partial charge in [0.05, 0.1) is 0 Å². The van der Waals surface area contributed by atoms with E-state index in [0.717, 1.165) is 6.42 Å². The molecule has 1 aromatic heterocycles. The van der Waals surface area contributed by atoms with Gasteiger partial charge >= 0.3 is 0 Å². The summed E-state index contributed by atoms with van der Waals surface area (Å²) in [5.41, 5.74) is 11.1. The molecule has 0 spiro atoms. The first-order valence-corrected chi connectivity index (χ1v) is 7.83. The Morgan fingerprint density at radius 2 is 2.05 bits per heavy atom. The second kappa shape index (κ2) is 6.38. The van der Waals surface area contributed by atoms with Crippen LogP contribution in [0.25, 0.3) is 0 Å². The number of primary amides is 1. The smallest absolute Gasteiger partial charge is 0.265 e. The summed E-state index contributed by atoms with van der Waals surface area (Å²) in [5.74, 6) is -0.279. The Hall–Kier alpha value is -1.38. The number of amides is 1. The number of rotatable bonds is 7. The highest BCUT2D eigenvalue weighted by Gasteiger charge is 2.20. The van der Waals surface area contributed by atoms with Gasteiger partial charge in [0.1, 0.15) is 10.6 Å². The molecule has 0 aliphatic rings. The Kier molecular flexibility index (Phi) is 5.32. The van der Waals surface area contributed by atoms with Crippen molar-refractivity contribution < 1.29 is 13.2 Å². The highest BCUT2D eigenvalue weighted by molar-refractivity contribution is 7.89. The Labute approximate surface area is 119 Å². The first-order chi connectivity index (χ1) is 9.13. The van der Waals surface area contributed by atoms with Crippen LogP contribution >= 0.6 is 0 Å². The van der Waals surface area contributed by atoms with Crippen LogP contribution in [0.2, 0.25) is 0 Å². The molecular formula is C12H22N4O3S. The van der Waals surface area contributed by atoms with Gasteiger partial charge in [-0.3, -0.25) is 4.79 Å². The fourth-order valence-electron chi connectivity index (χ4n) is 1.92. The van der Waals surface area contributed by atoms with Crippen molar-refractivity contribution in [3.05, 3.63) is 18.0 Å². The lowest BCUT2D eigenvalue weighted by molar-refractivity contribution is 0.0992. The monoisotopic (exact) mass is 302 g/mol. The summed E-state index contributed by atoms with van der Waals surface area (Å²) in [4.78, 5) is 11.1. The predicted molar refractivity (Wildman–Crippen MR) is 76.5 cm³/mol. The van der Waals surface area contributed by atoms with E-state index in [1.165, 1.54) is 16.8 Å². The molecule has 0 aromatic carbocycles. The Morgan fingerprint density at radius 1 is 1.45 bits per heavy atom. The number of carbonyl (C=O) groups excluding carboxylic acids is 1. The van der Waals surface area contributed by atoms with E-state index in [0.29, 0.717) is 5.92 Å². The van der Waals surface area contributed by atoms with Gasteiger partial charge in [-0.05, 0) is 18.4 Å². The predicted octanol–water partition coefficient (Wildman–Crippen LogP) is -0.224. The lowest BCUT2D eigenvalue weighted by Crippen LogP contribution is -2.37. The second-order valence-corrected chi connectivity index (χ2v) is 7.04. The van der Waals surface area contributed by atoms with Gasteiger partial charge in [0, 0.05) is 25.8 Å². The summed E-state index contributed by atoms with van der Waals surface area (Å²) in [5, 5.41) is 0. The van der Waals surface area contributed by atoms with Crippen molar-refractivity contribution in [1.82, 2.24) is 9.29 Å². The van der Waals surface area contributed by atoms with Crippen LogP contribution in [0, 0.1) is 5.92 Å². The Balaban J connectivity index is 2.79. The van der Waals surface area contributed by atoms with E-state index in [1.54, 1.807) is 7.05 Å². The number of nitrogens with zero attached hydrogens (tertiary/aromatic N) is 1. The summed E-state index contributed by atoms with van der Waals surface area (Å²) < 4.78 is 28.0. The minimum absolute atomic E-state index is 0.00514. The fourth-order valence-corrected chi connectivity index (χ4v) is 3.08. The third-order valence-electron chi connectivity index (χ3n) is 2.85. The number of aromatic nitrogens is 1. The fraction of sp³-hybridized carbons (Fsp3) is 0.583. The van der Waals surface area contributed by atoms with Gasteiger partial charge in [-0.1, -0.05) is 13.8 Å². The maximum Gasteiger partial charge on any atom is 0.265 e. The average Bonchev–Trinajstić information content (AvgIpc) is 2.69. The van der Waals surface area contributed by atoms with Crippen molar-refractivity contribution in [2.45, 2.75) is 31.2 Å². The first-order valence-electron chi connectivity index (χ1n) is 6.35. The van der Waals surface area contributed by atoms with E-state index in [-0.39, 0.29) is 23.2 Å². The van der Waals surface area contributed by atoms with Crippen molar-refractivity contribution in [2.75, 3.05) is 6.54 Å². The van der Waals surface area contributed by atoms with Crippen LogP contribution in [0.1, 0.15) is 30.8 Å². The van der Waals surface area contributed by atoms with Gasteiger partial charge < -0.3 is 16.0 Å². The van der Waals surface area contributed by atoms with Crippen molar-refractivity contribution in [2.24, 2.45) is 24.4 Å². The van der Waals surface area contributed by atoms with Crippen LogP contribution in [-0.2, 0) is 17.1 Å². The zero-order valence-corrected chi connectivity index (χ0v) is 12.8. The van der Waals surface area contributed by atoms with E-state index in [1.807, 2.05) is 13.8 Å². The molecule has 0 radical (unpaired) electrons. The van der Waals surface area contributed by atoms with Crippen molar-refractivity contribution >= 4 is 15.9 Å². The highest BCUT2D eigenvalue weighted by Crippen LogP contribution is 2.13. The molecule has 1 aromatic rings. The molecule has 1 atom stereocenters. The molecule has 0 saturated carbocycles. The third kappa shape index (κ3) is 4.32. The molecule has 8 heteroatoms. The molecule has 1 unspecified atom stereocenters. The van der Waals surface area contributed by atoms with Crippen molar-refractivity contribution in [3.8, 4) is 0 Å². The topological polar surface area (TPSA) is 120 Å². The SMILES string of the molecule is CC(C)CC(N)CNS(=O)(=O)c1cc(C(N)=O)n(C)c1. The van der Waals surface area contributed by atoms with Gasteiger partial charge in [-0.25, -0.2) is 13.1 Å². The zero-order chi connectivity index (χ0) is 15.5. The number of nitrogens with one attached hydrogen (secondary N) is 1. The quantitative estimate of drug-likeness (QED) is 0.644. The minimum atomic E-state index is -3.68. The molecule has 0 fully saturated rings. The number of nitrogens with two attached hydrogens (primary N) is 2. The maximum absolute atomic E-state index is 12.1. The van der Waals surface area contributed by atoms with Crippen LogP contribution in [0.5, 0.6) is 0 Å². The summed E-state index contributed by atoms with van der Waals surface area (Å²) in [7, 11) is -2.13. The van der Waals surface area contributed by atoms with Gasteiger partial charge in [0.2, 0.25) is 10.0 Å². The Morgan fingerprint density at radius 3 is 2.50 bits per heavy atom. The summed E-state index contributed by atoms with van der Waals surface area (Å²) in [6.45, 7) is 4.19. The zero-order valence-electron chi connectivity index (χ0n) is 12.0. The number of sulfonamides is 1. The largest absolute Gasteiger partial charge is 0.364 e. The number of carbonyl (C=O) groups is 1. The molecule has 0 aliphatic heterocycles. The molecular weight excluding hydrogens is 280 g/mol. The van der Waals surface area contributed by atoms with Crippen LogP contribution in [-0.4, -0.2) is 31.5 Å². The normalized spacial score (nSPS) is 13.7. The molecule has 1 amide bonds. The van der Waals surface area contributed by atoms with Gasteiger partial charge in [-0.15, -0.1) is 0 Å². The minimum Gasteiger partial charge on any atom is -0.364 e. The Bertz CT molecular complexity index is 578. The molecule has 1 rings (SSSR count). The summed E-state index contributed by atoms with van der Waals surface area (Å²) in [6, 6.07) is 1.00. The van der Waals surface area contributed by atoms with E-state index in [9.17, 15) is 13.2 Å². The molecule has 114 valence electrons. The standard InChI is InChI=1S/C12H22N4O3S/c1-8(2)4-9(13)6-15-20(18,19)10-5-11(12(14)17)16(3)7-10/h5,7-9,15H,4,6,13H2,1-3H3,(H2,14,17). The lowest BCUT2D eigenvalue weighted by atomic mass is 10.1. The van der Waals surface area contributed by atoms with E-state index in [4.69, 9.17) is 11.5 Å². The first kappa shape index (κ1) is 16.7. The highest BCUT2D eigenvalue weighted by atomic mass is 32.2. The van der Waals surface area contributed by atoms with Crippen LogP contribution in [0.3, 0.4) is 0 Å². The van der Waals surface area contributed by atoms with Gasteiger partial charge in [0.15, 0.2) is 0 Å². The summed E-state index contributed by atoms with van der Waals surface area (Å²) >= 11 is 0. The van der Waals surface area contributed by atoms with Gasteiger partial charge in [0.25, 0.3) is 5.91 Å². The van der Waals surface area contributed by atoms with E-state index < -0.39 is 15.9 Å². The molecule has 20 heavy (non-hydrogen) atoms. The van der Waals surface area contributed by atoms with E-state index in [2.05, 4.69) is 4.72 Å². The van der Waals surface area contributed by atoms with E-state index >= 15 is 0 Å². The van der Waals surface area contributed by atoms with Crippen LogP contribution in [0.4, 0.5) is 0 Å².